The van der Waals surface area contributed by atoms with Crippen molar-refractivity contribution in [2.24, 2.45) is 5.92 Å². The maximum absolute atomic E-state index is 12.5. The van der Waals surface area contributed by atoms with Crippen molar-refractivity contribution in [1.82, 2.24) is 4.31 Å². The Labute approximate surface area is 135 Å². The number of rotatable bonds is 5. The SMILES string of the molecule is CC1CCC(C(=O)O)CN1S(=O)(=O)CCc1cccc(Cl)c1. The van der Waals surface area contributed by atoms with Crippen molar-refractivity contribution >= 4 is 27.6 Å². The highest BCUT2D eigenvalue weighted by atomic mass is 35.5. The highest BCUT2D eigenvalue weighted by molar-refractivity contribution is 7.89. The smallest absolute Gasteiger partial charge is 0.307 e. The first kappa shape index (κ1) is 17.2. The van der Waals surface area contributed by atoms with Gasteiger partial charge in [0.15, 0.2) is 0 Å². The zero-order valence-electron chi connectivity index (χ0n) is 12.4. The van der Waals surface area contributed by atoms with E-state index in [4.69, 9.17) is 16.7 Å². The number of carboxylic acids is 1. The second-order valence-electron chi connectivity index (χ2n) is 5.73. The molecule has 0 aromatic heterocycles. The fourth-order valence-corrected chi connectivity index (χ4v) is 4.72. The molecule has 1 aromatic rings. The number of aliphatic carboxylic acids is 1. The summed E-state index contributed by atoms with van der Waals surface area (Å²) in [4.78, 5) is 11.1. The number of sulfonamides is 1. The fourth-order valence-electron chi connectivity index (χ4n) is 2.72. The lowest BCUT2D eigenvalue weighted by molar-refractivity contribution is -0.143. The maximum atomic E-state index is 12.5. The first-order valence-corrected chi connectivity index (χ1v) is 9.25. The summed E-state index contributed by atoms with van der Waals surface area (Å²) in [6.07, 6.45) is 1.47. The van der Waals surface area contributed by atoms with E-state index in [9.17, 15) is 13.2 Å². The van der Waals surface area contributed by atoms with E-state index < -0.39 is 21.9 Å². The van der Waals surface area contributed by atoms with Gasteiger partial charge in [-0.2, -0.15) is 4.31 Å². The van der Waals surface area contributed by atoms with Crippen LogP contribution in [0, 0.1) is 5.92 Å². The van der Waals surface area contributed by atoms with Crippen LogP contribution in [-0.4, -0.2) is 42.1 Å². The minimum Gasteiger partial charge on any atom is -0.481 e. The predicted octanol–water partition coefficient (Wildman–Crippen LogP) is 2.40. The van der Waals surface area contributed by atoms with Crippen molar-refractivity contribution in [2.45, 2.75) is 32.2 Å². The van der Waals surface area contributed by atoms with E-state index in [1.54, 1.807) is 18.2 Å². The molecular formula is C15H20ClNO4S. The van der Waals surface area contributed by atoms with Gasteiger partial charge in [0.1, 0.15) is 0 Å². The highest BCUT2D eigenvalue weighted by Gasteiger charge is 2.36. The third-order valence-corrected chi connectivity index (χ3v) is 6.25. The molecule has 2 atom stereocenters. The molecule has 0 radical (unpaired) electrons. The number of halogens is 1. The quantitative estimate of drug-likeness (QED) is 0.889. The van der Waals surface area contributed by atoms with Crippen LogP contribution in [0.1, 0.15) is 25.3 Å². The van der Waals surface area contributed by atoms with Crippen LogP contribution in [-0.2, 0) is 21.2 Å². The maximum Gasteiger partial charge on any atom is 0.307 e. The van der Waals surface area contributed by atoms with Gasteiger partial charge in [-0.05, 0) is 43.9 Å². The molecule has 0 bridgehead atoms. The van der Waals surface area contributed by atoms with E-state index in [0.717, 1.165) is 5.56 Å². The van der Waals surface area contributed by atoms with Gasteiger partial charge in [0.2, 0.25) is 10.0 Å². The van der Waals surface area contributed by atoms with Gasteiger partial charge in [-0.1, -0.05) is 23.7 Å². The summed E-state index contributed by atoms with van der Waals surface area (Å²) in [6, 6.07) is 6.95. The number of carbonyl (C=O) groups is 1. The molecular weight excluding hydrogens is 326 g/mol. The first-order chi connectivity index (χ1) is 10.3. The Morgan fingerprint density at radius 2 is 2.14 bits per heavy atom. The second-order valence-corrected chi connectivity index (χ2v) is 8.20. The van der Waals surface area contributed by atoms with Gasteiger partial charge in [0.25, 0.3) is 0 Å². The van der Waals surface area contributed by atoms with Crippen molar-refractivity contribution in [3.63, 3.8) is 0 Å². The summed E-state index contributed by atoms with van der Waals surface area (Å²) in [7, 11) is -3.48. The summed E-state index contributed by atoms with van der Waals surface area (Å²) < 4.78 is 26.4. The Morgan fingerprint density at radius 1 is 1.41 bits per heavy atom. The van der Waals surface area contributed by atoms with Crippen LogP contribution in [0.4, 0.5) is 0 Å². The molecule has 1 fully saturated rings. The second kappa shape index (κ2) is 6.98. The van der Waals surface area contributed by atoms with E-state index in [2.05, 4.69) is 0 Å². The minimum atomic E-state index is -3.48. The Kier molecular flexibility index (Phi) is 5.47. The van der Waals surface area contributed by atoms with Crippen LogP contribution in [0.15, 0.2) is 24.3 Å². The van der Waals surface area contributed by atoms with Crippen LogP contribution >= 0.6 is 11.6 Å². The summed E-state index contributed by atoms with van der Waals surface area (Å²) >= 11 is 5.90. The predicted molar refractivity (Wildman–Crippen MR) is 85.5 cm³/mol. The van der Waals surface area contributed by atoms with E-state index in [0.29, 0.717) is 24.3 Å². The molecule has 1 N–H and O–H groups in total. The molecule has 1 aromatic carbocycles. The molecule has 1 aliphatic heterocycles. The molecule has 1 saturated heterocycles. The van der Waals surface area contributed by atoms with E-state index >= 15 is 0 Å². The summed E-state index contributed by atoms with van der Waals surface area (Å²) in [5.74, 6) is -1.58. The third-order valence-electron chi connectivity index (χ3n) is 4.07. The van der Waals surface area contributed by atoms with E-state index in [-0.39, 0.29) is 18.3 Å². The van der Waals surface area contributed by atoms with Gasteiger partial charge in [0, 0.05) is 17.6 Å². The van der Waals surface area contributed by atoms with Crippen molar-refractivity contribution < 1.29 is 18.3 Å². The monoisotopic (exact) mass is 345 g/mol. The van der Waals surface area contributed by atoms with E-state index in [1.165, 1.54) is 4.31 Å². The van der Waals surface area contributed by atoms with Crippen molar-refractivity contribution in [2.75, 3.05) is 12.3 Å². The lowest BCUT2D eigenvalue weighted by Gasteiger charge is -2.35. The number of piperidine rings is 1. The van der Waals surface area contributed by atoms with Gasteiger partial charge in [0.05, 0.1) is 11.7 Å². The molecule has 7 heteroatoms. The zero-order chi connectivity index (χ0) is 16.3. The molecule has 0 saturated carbocycles. The average Bonchev–Trinajstić information content (AvgIpc) is 2.45. The fraction of sp³-hybridized carbons (Fsp3) is 0.533. The molecule has 1 heterocycles. The molecule has 22 heavy (non-hydrogen) atoms. The Hall–Kier alpha value is -1.11. The summed E-state index contributed by atoms with van der Waals surface area (Å²) in [6.45, 7) is 1.89. The average molecular weight is 346 g/mol. The van der Waals surface area contributed by atoms with Crippen LogP contribution in [0.25, 0.3) is 0 Å². The van der Waals surface area contributed by atoms with Crippen molar-refractivity contribution in [1.29, 1.82) is 0 Å². The Bertz CT molecular complexity index is 647. The molecule has 0 aliphatic carbocycles. The number of nitrogens with zero attached hydrogens (tertiary/aromatic N) is 1. The third kappa shape index (κ3) is 4.21. The topological polar surface area (TPSA) is 74.7 Å². The minimum absolute atomic E-state index is 0.0377. The molecule has 5 nitrogen and oxygen atoms in total. The highest BCUT2D eigenvalue weighted by Crippen LogP contribution is 2.25. The Balaban J connectivity index is 2.06. The van der Waals surface area contributed by atoms with Gasteiger partial charge < -0.3 is 5.11 Å². The standard InChI is InChI=1S/C15H20ClNO4S/c1-11-5-6-13(15(18)19)10-17(11)22(20,21)8-7-12-3-2-4-14(16)9-12/h2-4,9,11,13H,5-8,10H2,1H3,(H,18,19). The van der Waals surface area contributed by atoms with Gasteiger partial charge in [-0.3, -0.25) is 4.79 Å². The first-order valence-electron chi connectivity index (χ1n) is 7.26. The number of benzene rings is 1. The van der Waals surface area contributed by atoms with Crippen molar-refractivity contribution in [3.8, 4) is 0 Å². The number of hydrogen-bond donors (Lipinski definition) is 1. The van der Waals surface area contributed by atoms with Gasteiger partial charge in [-0.25, -0.2) is 8.42 Å². The zero-order valence-corrected chi connectivity index (χ0v) is 14.0. The number of hydrogen-bond acceptors (Lipinski definition) is 3. The molecule has 122 valence electrons. The molecule has 1 aliphatic rings. The van der Waals surface area contributed by atoms with Gasteiger partial charge >= 0.3 is 5.97 Å². The Morgan fingerprint density at radius 3 is 2.77 bits per heavy atom. The molecule has 0 amide bonds. The van der Waals surface area contributed by atoms with Gasteiger partial charge in [-0.15, -0.1) is 0 Å². The molecule has 2 unspecified atom stereocenters. The van der Waals surface area contributed by atoms with E-state index in [1.807, 2.05) is 13.0 Å². The number of carboxylic acid groups (broad SMARTS) is 1. The van der Waals surface area contributed by atoms with Crippen molar-refractivity contribution in [3.05, 3.63) is 34.9 Å². The van der Waals surface area contributed by atoms with Crippen LogP contribution < -0.4 is 0 Å². The molecule has 0 spiro atoms. The lowest BCUT2D eigenvalue weighted by atomic mass is 9.96. The summed E-state index contributed by atoms with van der Waals surface area (Å²) in [5.41, 5.74) is 0.857. The van der Waals surface area contributed by atoms with Crippen LogP contribution in [0.2, 0.25) is 5.02 Å². The molecule has 2 rings (SSSR count). The van der Waals surface area contributed by atoms with Crippen LogP contribution in [0.5, 0.6) is 0 Å². The summed E-state index contributed by atoms with van der Waals surface area (Å²) in [5, 5.41) is 9.69. The normalized spacial score (nSPS) is 23.4. The van der Waals surface area contributed by atoms with Crippen LogP contribution in [0.3, 0.4) is 0 Å². The number of aryl methyl sites for hydroxylation is 1. The largest absolute Gasteiger partial charge is 0.481 e. The lowest BCUT2D eigenvalue weighted by Crippen LogP contribution is -2.48.